The maximum absolute atomic E-state index is 5.44. The monoisotopic (exact) mass is 290 g/mol. The van der Waals surface area contributed by atoms with Crippen molar-refractivity contribution >= 4 is 28.6 Å². The zero-order valence-corrected chi connectivity index (χ0v) is 11.0. The van der Waals surface area contributed by atoms with Crippen molar-refractivity contribution in [2.45, 2.75) is 6.61 Å². The summed E-state index contributed by atoms with van der Waals surface area (Å²) in [5.74, 6) is 0.757. The number of hydrogen-bond donors (Lipinski definition) is 1. The van der Waals surface area contributed by atoms with Crippen LogP contribution >= 0.6 is 28.6 Å². The first-order valence-corrected chi connectivity index (χ1v) is 6.26. The van der Waals surface area contributed by atoms with Gasteiger partial charge in [0.1, 0.15) is 0 Å². The quantitative estimate of drug-likeness (QED) is 0.615. The van der Waals surface area contributed by atoms with Gasteiger partial charge in [0.25, 0.3) is 0 Å². The number of halogens is 1. The maximum Gasteiger partial charge on any atom is 0.0718 e. The van der Waals surface area contributed by atoms with E-state index < -0.39 is 0 Å². The molecule has 1 rings (SSSR count). The second-order valence-corrected chi connectivity index (χ2v) is 4.38. The summed E-state index contributed by atoms with van der Waals surface area (Å²) in [6.45, 7) is 2.59. The SMILES string of the molecule is SCCOCCOCc1ccc(Br)cc1. The van der Waals surface area contributed by atoms with Gasteiger partial charge in [-0.3, -0.25) is 0 Å². The molecule has 0 aromatic heterocycles. The highest BCUT2D eigenvalue weighted by atomic mass is 79.9. The number of thiol groups is 1. The van der Waals surface area contributed by atoms with Gasteiger partial charge in [0.05, 0.1) is 26.4 Å². The fourth-order valence-electron chi connectivity index (χ4n) is 1.06. The van der Waals surface area contributed by atoms with Crippen molar-refractivity contribution in [2.24, 2.45) is 0 Å². The van der Waals surface area contributed by atoms with Gasteiger partial charge < -0.3 is 9.47 Å². The second-order valence-electron chi connectivity index (χ2n) is 3.02. The van der Waals surface area contributed by atoms with Crippen molar-refractivity contribution < 1.29 is 9.47 Å². The van der Waals surface area contributed by atoms with E-state index in [1.807, 2.05) is 24.3 Å². The van der Waals surface area contributed by atoms with Crippen molar-refractivity contribution in [3.63, 3.8) is 0 Å². The highest BCUT2D eigenvalue weighted by Gasteiger charge is 1.93. The Hall–Kier alpha value is -0.0300. The average Bonchev–Trinajstić information content (AvgIpc) is 2.26. The minimum Gasteiger partial charge on any atom is -0.378 e. The standard InChI is InChI=1S/C11H15BrO2S/c12-11-3-1-10(2-4-11)9-14-6-5-13-7-8-15/h1-4,15H,5-9H2. The van der Waals surface area contributed by atoms with E-state index in [-0.39, 0.29) is 0 Å². The van der Waals surface area contributed by atoms with Crippen LogP contribution < -0.4 is 0 Å². The Labute approximate surface area is 105 Å². The Kier molecular flexibility index (Phi) is 7.09. The predicted octanol–water partition coefficient (Wildman–Crippen LogP) is 2.91. The highest BCUT2D eigenvalue weighted by molar-refractivity contribution is 9.10. The van der Waals surface area contributed by atoms with E-state index in [2.05, 4.69) is 28.6 Å². The molecule has 0 saturated carbocycles. The third-order valence-corrected chi connectivity index (χ3v) is 2.50. The van der Waals surface area contributed by atoms with Crippen LogP contribution in [0.5, 0.6) is 0 Å². The van der Waals surface area contributed by atoms with Crippen molar-refractivity contribution in [2.75, 3.05) is 25.6 Å². The van der Waals surface area contributed by atoms with Crippen LogP contribution in [0.4, 0.5) is 0 Å². The topological polar surface area (TPSA) is 18.5 Å². The minimum absolute atomic E-state index is 0.629. The molecule has 0 unspecified atom stereocenters. The first kappa shape index (κ1) is 13.0. The molecular formula is C11H15BrO2S. The molecule has 0 bridgehead atoms. The number of benzene rings is 1. The normalized spacial score (nSPS) is 10.5. The van der Waals surface area contributed by atoms with Gasteiger partial charge in [-0.05, 0) is 17.7 Å². The average molecular weight is 291 g/mol. The molecule has 0 fully saturated rings. The van der Waals surface area contributed by atoms with Crippen molar-refractivity contribution in [3.05, 3.63) is 34.3 Å². The molecule has 0 aliphatic heterocycles. The first-order valence-electron chi connectivity index (χ1n) is 4.83. The van der Waals surface area contributed by atoms with Gasteiger partial charge in [0, 0.05) is 10.2 Å². The Bertz CT molecular complexity index is 264. The summed E-state index contributed by atoms with van der Waals surface area (Å²) in [5, 5.41) is 0. The van der Waals surface area contributed by atoms with E-state index in [0.717, 1.165) is 10.2 Å². The van der Waals surface area contributed by atoms with Gasteiger partial charge in [-0.15, -0.1) is 0 Å². The van der Waals surface area contributed by atoms with Crippen molar-refractivity contribution in [1.82, 2.24) is 0 Å². The molecule has 0 saturated heterocycles. The molecule has 0 N–H and O–H groups in total. The fourth-order valence-corrected chi connectivity index (χ4v) is 1.45. The molecule has 0 aliphatic carbocycles. The Morgan fingerprint density at radius 3 is 2.33 bits per heavy atom. The lowest BCUT2D eigenvalue weighted by atomic mass is 10.2. The van der Waals surface area contributed by atoms with Crippen LogP contribution in [0.15, 0.2) is 28.7 Å². The lowest BCUT2D eigenvalue weighted by Crippen LogP contribution is -2.05. The number of ether oxygens (including phenoxy) is 2. The summed E-state index contributed by atoms with van der Waals surface area (Å²) in [4.78, 5) is 0. The minimum atomic E-state index is 0.629. The predicted molar refractivity (Wildman–Crippen MR) is 68.5 cm³/mol. The van der Waals surface area contributed by atoms with Crippen LogP contribution in [0, 0.1) is 0 Å². The van der Waals surface area contributed by atoms with Gasteiger partial charge in [-0.25, -0.2) is 0 Å². The van der Waals surface area contributed by atoms with Crippen LogP contribution in [0.2, 0.25) is 0 Å². The zero-order valence-electron chi connectivity index (χ0n) is 8.49. The zero-order chi connectivity index (χ0) is 10.9. The molecule has 15 heavy (non-hydrogen) atoms. The van der Waals surface area contributed by atoms with E-state index in [0.29, 0.717) is 26.4 Å². The van der Waals surface area contributed by atoms with Crippen LogP contribution in [-0.2, 0) is 16.1 Å². The third kappa shape index (κ3) is 6.20. The van der Waals surface area contributed by atoms with Crippen molar-refractivity contribution in [3.8, 4) is 0 Å². The summed E-state index contributed by atoms with van der Waals surface area (Å²) >= 11 is 7.43. The molecule has 0 heterocycles. The Balaban J connectivity index is 2.07. The van der Waals surface area contributed by atoms with Gasteiger partial charge in [-0.1, -0.05) is 28.1 Å². The largest absolute Gasteiger partial charge is 0.378 e. The molecular weight excluding hydrogens is 276 g/mol. The molecule has 84 valence electrons. The second kappa shape index (κ2) is 8.16. The van der Waals surface area contributed by atoms with E-state index in [1.165, 1.54) is 5.56 Å². The molecule has 0 spiro atoms. The third-order valence-electron chi connectivity index (χ3n) is 1.79. The first-order chi connectivity index (χ1) is 7.33. The molecule has 1 aromatic carbocycles. The Morgan fingerprint density at radius 1 is 1.00 bits per heavy atom. The van der Waals surface area contributed by atoms with Crippen molar-refractivity contribution in [1.29, 1.82) is 0 Å². The number of hydrogen-bond acceptors (Lipinski definition) is 3. The van der Waals surface area contributed by atoms with Crippen LogP contribution in [-0.4, -0.2) is 25.6 Å². The summed E-state index contributed by atoms with van der Waals surface area (Å²) in [5.41, 5.74) is 1.17. The maximum atomic E-state index is 5.44. The summed E-state index contributed by atoms with van der Waals surface area (Å²) in [7, 11) is 0. The highest BCUT2D eigenvalue weighted by Crippen LogP contribution is 2.10. The van der Waals surface area contributed by atoms with E-state index in [9.17, 15) is 0 Å². The lowest BCUT2D eigenvalue weighted by molar-refractivity contribution is 0.0462. The molecule has 2 nitrogen and oxygen atoms in total. The van der Waals surface area contributed by atoms with Crippen LogP contribution in [0.3, 0.4) is 0 Å². The molecule has 0 amide bonds. The van der Waals surface area contributed by atoms with E-state index in [4.69, 9.17) is 9.47 Å². The molecule has 0 aliphatic rings. The molecule has 1 aromatic rings. The summed E-state index contributed by atoms with van der Waals surface area (Å²) in [6.07, 6.45) is 0. The molecule has 0 radical (unpaired) electrons. The van der Waals surface area contributed by atoms with E-state index in [1.54, 1.807) is 0 Å². The van der Waals surface area contributed by atoms with E-state index >= 15 is 0 Å². The summed E-state index contributed by atoms with van der Waals surface area (Å²) in [6, 6.07) is 8.10. The van der Waals surface area contributed by atoms with Gasteiger partial charge >= 0.3 is 0 Å². The molecule has 4 heteroatoms. The van der Waals surface area contributed by atoms with Gasteiger partial charge in [-0.2, -0.15) is 12.6 Å². The smallest absolute Gasteiger partial charge is 0.0718 e. The van der Waals surface area contributed by atoms with Crippen LogP contribution in [0.25, 0.3) is 0 Å². The fraction of sp³-hybridized carbons (Fsp3) is 0.455. The van der Waals surface area contributed by atoms with Gasteiger partial charge in [0.15, 0.2) is 0 Å². The summed E-state index contributed by atoms with van der Waals surface area (Å²) < 4.78 is 11.8. The lowest BCUT2D eigenvalue weighted by Gasteiger charge is -2.05. The van der Waals surface area contributed by atoms with Gasteiger partial charge in [0.2, 0.25) is 0 Å². The number of rotatable bonds is 7. The molecule has 0 atom stereocenters. The Morgan fingerprint density at radius 2 is 1.67 bits per heavy atom. The van der Waals surface area contributed by atoms with Crippen LogP contribution in [0.1, 0.15) is 5.56 Å².